The second kappa shape index (κ2) is 5.97. The molecule has 0 saturated heterocycles. The highest BCUT2D eigenvalue weighted by Crippen LogP contribution is 2.34. The number of carbonyl (C=O) groups is 1. The van der Waals surface area contributed by atoms with Crippen LogP contribution in [0, 0.1) is 0 Å². The van der Waals surface area contributed by atoms with Crippen LogP contribution in [0.2, 0.25) is 15.1 Å². The topological polar surface area (TPSA) is 26.3 Å². The first-order chi connectivity index (χ1) is 7.45. The molecule has 16 heavy (non-hydrogen) atoms. The second-order valence-electron chi connectivity index (χ2n) is 3.02. The van der Waals surface area contributed by atoms with Crippen molar-refractivity contribution in [1.29, 1.82) is 0 Å². The number of benzene rings is 1. The van der Waals surface area contributed by atoms with E-state index in [1.54, 1.807) is 6.92 Å². The lowest BCUT2D eigenvalue weighted by atomic mass is 10.3. The Hall–Kier alpha value is -0.150. The average Bonchev–Trinajstić information content (AvgIpc) is 2.21. The number of hydrogen-bond donors (Lipinski definition) is 0. The first-order valence-corrected chi connectivity index (χ1v) is 5.97. The Bertz CT molecular complexity index is 383. The van der Waals surface area contributed by atoms with E-state index in [2.05, 4.69) is 0 Å². The molecule has 0 saturated carbocycles. The Morgan fingerprint density at radius 2 is 1.81 bits per heavy atom. The van der Waals surface area contributed by atoms with Crippen molar-refractivity contribution in [1.82, 2.24) is 0 Å². The van der Waals surface area contributed by atoms with Crippen molar-refractivity contribution in [3.8, 4) is 5.75 Å². The summed E-state index contributed by atoms with van der Waals surface area (Å²) in [6.07, 6.45) is -0.254. The Morgan fingerprint density at radius 1 is 1.31 bits per heavy atom. The molecular formula is C10H8Cl4O2. The summed E-state index contributed by atoms with van der Waals surface area (Å²) in [5.74, 6) is 0.361. The van der Waals surface area contributed by atoms with Crippen LogP contribution in [-0.4, -0.2) is 11.3 Å². The highest BCUT2D eigenvalue weighted by Gasteiger charge is 2.17. The predicted octanol–water partition coefficient (Wildman–Crippen LogP) is 4.57. The molecule has 1 atom stereocenters. The van der Waals surface area contributed by atoms with E-state index in [1.165, 1.54) is 12.1 Å². The number of ether oxygens (including phenoxy) is 1. The SMILES string of the molecule is CCC(Oc1cc(Cl)c(Cl)c(Cl)c1)C(=O)Cl. The van der Waals surface area contributed by atoms with Gasteiger partial charge in [0.15, 0.2) is 6.10 Å². The van der Waals surface area contributed by atoms with Crippen molar-refractivity contribution in [2.45, 2.75) is 19.4 Å². The van der Waals surface area contributed by atoms with Gasteiger partial charge < -0.3 is 4.74 Å². The van der Waals surface area contributed by atoms with E-state index in [1.807, 2.05) is 0 Å². The van der Waals surface area contributed by atoms with Gasteiger partial charge in [-0.05, 0) is 18.0 Å². The van der Waals surface area contributed by atoms with Crippen LogP contribution in [0.5, 0.6) is 5.75 Å². The van der Waals surface area contributed by atoms with Gasteiger partial charge >= 0.3 is 0 Å². The summed E-state index contributed by atoms with van der Waals surface area (Å²) in [5.41, 5.74) is 0. The minimum Gasteiger partial charge on any atom is -0.481 e. The molecule has 2 nitrogen and oxygen atoms in total. The molecule has 1 aromatic rings. The molecule has 0 aliphatic carbocycles. The first-order valence-electron chi connectivity index (χ1n) is 4.46. The van der Waals surface area contributed by atoms with E-state index in [0.717, 1.165) is 0 Å². The first kappa shape index (κ1) is 13.9. The van der Waals surface area contributed by atoms with Gasteiger partial charge in [0.25, 0.3) is 5.24 Å². The van der Waals surface area contributed by atoms with E-state index in [4.69, 9.17) is 51.1 Å². The monoisotopic (exact) mass is 300 g/mol. The fourth-order valence-corrected chi connectivity index (χ4v) is 1.83. The van der Waals surface area contributed by atoms with Gasteiger partial charge in [-0.3, -0.25) is 4.79 Å². The molecule has 0 aliphatic rings. The third-order valence-corrected chi connectivity index (χ3v) is 3.30. The minimum atomic E-state index is -0.713. The Balaban J connectivity index is 2.93. The summed E-state index contributed by atoms with van der Waals surface area (Å²) in [7, 11) is 0. The maximum atomic E-state index is 11.0. The number of hydrogen-bond acceptors (Lipinski definition) is 2. The normalized spacial score (nSPS) is 12.3. The maximum Gasteiger partial charge on any atom is 0.262 e. The molecule has 1 unspecified atom stereocenters. The summed E-state index contributed by atoms with van der Waals surface area (Å²) in [6, 6.07) is 2.97. The molecule has 1 aromatic carbocycles. The third-order valence-electron chi connectivity index (χ3n) is 1.86. The van der Waals surface area contributed by atoms with E-state index >= 15 is 0 Å². The van der Waals surface area contributed by atoms with Crippen LogP contribution in [0.4, 0.5) is 0 Å². The fourth-order valence-electron chi connectivity index (χ4n) is 1.05. The van der Waals surface area contributed by atoms with Crippen LogP contribution in [-0.2, 0) is 4.79 Å². The van der Waals surface area contributed by atoms with Gasteiger partial charge in [-0.15, -0.1) is 0 Å². The number of halogens is 4. The minimum absolute atomic E-state index is 0.251. The average molecular weight is 302 g/mol. The highest BCUT2D eigenvalue weighted by atomic mass is 35.5. The van der Waals surface area contributed by atoms with Crippen molar-refractivity contribution in [2.75, 3.05) is 0 Å². The molecule has 6 heteroatoms. The zero-order chi connectivity index (χ0) is 12.3. The third kappa shape index (κ3) is 3.42. The molecule has 0 fully saturated rings. The summed E-state index contributed by atoms with van der Waals surface area (Å²) >= 11 is 22.7. The van der Waals surface area contributed by atoms with Crippen LogP contribution in [0.15, 0.2) is 12.1 Å². The Labute approximate surface area is 113 Å². The maximum absolute atomic E-state index is 11.0. The standard InChI is InChI=1S/C10H8Cl4O2/c1-2-8(10(14)15)16-5-3-6(11)9(13)7(12)4-5/h3-4,8H,2H2,1H3. The van der Waals surface area contributed by atoms with Crippen molar-refractivity contribution in [3.63, 3.8) is 0 Å². The lowest BCUT2D eigenvalue weighted by Gasteiger charge is -2.14. The van der Waals surface area contributed by atoms with Crippen molar-refractivity contribution in [2.24, 2.45) is 0 Å². The number of rotatable bonds is 4. The van der Waals surface area contributed by atoms with Crippen molar-refractivity contribution >= 4 is 51.6 Å². The van der Waals surface area contributed by atoms with Gasteiger partial charge in [0.2, 0.25) is 0 Å². The lowest BCUT2D eigenvalue weighted by molar-refractivity contribution is -0.117. The molecular weight excluding hydrogens is 294 g/mol. The number of carbonyl (C=O) groups excluding carboxylic acids is 1. The van der Waals surface area contributed by atoms with Gasteiger partial charge in [0, 0.05) is 12.1 Å². The molecule has 0 aliphatic heterocycles. The van der Waals surface area contributed by atoms with Crippen molar-refractivity contribution in [3.05, 3.63) is 27.2 Å². The molecule has 0 spiro atoms. The van der Waals surface area contributed by atoms with Gasteiger partial charge in [0.1, 0.15) is 5.75 Å². The van der Waals surface area contributed by atoms with E-state index in [-0.39, 0.29) is 15.1 Å². The van der Waals surface area contributed by atoms with Gasteiger partial charge in [-0.1, -0.05) is 41.7 Å². The zero-order valence-electron chi connectivity index (χ0n) is 8.27. The summed E-state index contributed by atoms with van der Waals surface area (Å²) < 4.78 is 5.33. The van der Waals surface area contributed by atoms with Gasteiger partial charge in [-0.2, -0.15) is 0 Å². The van der Waals surface area contributed by atoms with Crippen LogP contribution in [0.1, 0.15) is 13.3 Å². The lowest BCUT2D eigenvalue weighted by Crippen LogP contribution is -2.22. The Kier molecular flexibility index (Phi) is 5.19. The predicted molar refractivity (Wildman–Crippen MR) is 67.0 cm³/mol. The zero-order valence-corrected chi connectivity index (χ0v) is 11.3. The van der Waals surface area contributed by atoms with Crippen molar-refractivity contribution < 1.29 is 9.53 Å². The van der Waals surface area contributed by atoms with Crippen LogP contribution in [0.25, 0.3) is 0 Å². The smallest absolute Gasteiger partial charge is 0.262 e. The van der Waals surface area contributed by atoms with E-state index in [0.29, 0.717) is 12.2 Å². The Morgan fingerprint density at radius 3 is 2.19 bits per heavy atom. The second-order valence-corrected chi connectivity index (χ2v) is 4.58. The molecule has 0 bridgehead atoms. The summed E-state index contributed by atoms with van der Waals surface area (Å²) in [6.45, 7) is 1.78. The quantitative estimate of drug-likeness (QED) is 0.601. The van der Waals surface area contributed by atoms with Crippen LogP contribution in [0.3, 0.4) is 0 Å². The van der Waals surface area contributed by atoms with E-state index in [9.17, 15) is 4.79 Å². The van der Waals surface area contributed by atoms with E-state index < -0.39 is 11.3 Å². The van der Waals surface area contributed by atoms with Gasteiger partial charge in [-0.25, -0.2) is 0 Å². The molecule has 0 aromatic heterocycles. The molecule has 1 rings (SSSR count). The largest absolute Gasteiger partial charge is 0.481 e. The highest BCUT2D eigenvalue weighted by molar-refractivity contribution is 6.64. The molecule has 0 amide bonds. The van der Waals surface area contributed by atoms with Crippen LogP contribution >= 0.6 is 46.4 Å². The molecule has 0 N–H and O–H groups in total. The summed E-state index contributed by atoms with van der Waals surface area (Å²) in [5, 5.41) is 0.215. The molecule has 88 valence electrons. The molecule has 0 radical (unpaired) electrons. The fraction of sp³-hybridized carbons (Fsp3) is 0.300. The van der Waals surface area contributed by atoms with Crippen LogP contribution < -0.4 is 4.74 Å². The molecule has 0 heterocycles. The van der Waals surface area contributed by atoms with Gasteiger partial charge in [0.05, 0.1) is 15.1 Å². The summed E-state index contributed by atoms with van der Waals surface area (Å²) in [4.78, 5) is 11.0.